The maximum Gasteiger partial charge on any atom is 0.336 e. The second-order valence-corrected chi connectivity index (χ2v) is 6.32. The fourth-order valence-electron chi connectivity index (χ4n) is 3.39. The molecule has 1 saturated carbocycles. The predicted molar refractivity (Wildman–Crippen MR) is 87.2 cm³/mol. The van der Waals surface area contributed by atoms with E-state index in [1.165, 1.54) is 38.2 Å². The van der Waals surface area contributed by atoms with Crippen LogP contribution in [0.15, 0.2) is 27.4 Å². The molecule has 0 amide bonds. The molecule has 1 aliphatic rings. The first kappa shape index (κ1) is 15.1. The molecule has 4 nitrogen and oxygen atoms in total. The van der Waals surface area contributed by atoms with Crippen molar-refractivity contribution in [3.8, 4) is 5.75 Å². The van der Waals surface area contributed by atoms with E-state index in [0.29, 0.717) is 17.7 Å². The van der Waals surface area contributed by atoms with Gasteiger partial charge in [0.05, 0.1) is 5.56 Å². The summed E-state index contributed by atoms with van der Waals surface area (Å²) in [5.41, 5.74) is 1.68. The van der Waals surface area contributed by atoms with Crippen LogP contribution in [0, 0.1) is 12.8 Å². The molecule has 1 fully saturated rings. The van der Waals surface area contributed by atoms with Crippen molar-refractivity contribution in [2.45, 2.75) is 45.6 Å². The van der Waals surface area contributed by atoms with Gasteiger partial charge in [0, 0.05) is 18.0 Å². The minimum absolute atomic E-state index is 0.178. The highest BCUT2D eigenvalue weighted by Gasteiger charge is 2.15. The fourth-order valence-corrected chi connectivity index (χ4v) is 3.39. The van der Waals surface area contributed by atoms with Gasteiger partial charge in [0.25, 0.3) is 0 Å². The number of aromatic hydroxyl groups is 1. The molecule has 0 spiro atoms. The summed E-state index contributed by atoms with van der Waals surface area (Å²) < 4.78 is 5.34. The van der Waals surface area contributed by atoms with Crippen molar-refractivity contribution in [3.63, 3.8) is 0 Å². The molecular formula is C18H23NO3. The summed E-state index contributed by atoms with van der Waals surface area (Å²) in [4.78, 5) is 11.6. The first-order valence-corrected chi connectivity index (χ1v) is 8.11. The normalized spacial score (nSPS) is 16.2. The summed E-state index contributed by atoms with van der Waals surface area (Å²) in [6.45, 7) is 3.35. The largest absolute Gasteiger partial charge is 0.507 e. The number of rotatable bonds is 4. The van der Waals surface area contributed by atoms with Crippen LogP contribution in [0.1, 0.15) is 43.2 Å². The molecule has 0 bridgehead atoms. The first-order valence-electron chi connectivity index (χ1n) is 8.11. The fraction of sp³-hybridized carbons (Fsp3) is 0.500. The highest BCUT2D eigenvalue weighted by atomic mass is 16.4. The van der Waals surface area contributed by atoms with Crippen LogP contribution in [0.4, 0.5) is 0 Å². The second-order valence-electron chi connectivity index (χ2n) is 6.32. The lowest BCUT2D eigenvalue weighted by molar-refractivity contribution is 0.341. The molecule has 2 aromatic rings. The van der Waals surface area contributed by atoms with E-state index in [0.717, 1.165) is 23.4 Å². The Kier molecular flexibility index (Phi) is 4.48. The van der Waals surface area contributed by atoms with Gasteiger partial charge in [-0.3, -0.25) is 0 Å². The van der Waals surface area contributed by atoms with Gasteiger partial charge < -0.3 is 14.8 Å². The van der Waals surface area contributed by atoms with Gasteiger partial charge in [0.1, 0.15) is 11.3 Å². The first-order chi connectivity index (χ1) is 10.6. The summed E-state index contributed by atoms with van der Waals surface area (Å²) in [5.74, 6) is 0.900. The van der Waals surface area contributed by atoms with Crippen molar-refractivity contribution in [1.82, 2.24) is 5.32 Å². The van der Waals surface area contributed by atoms with Gasteiger partial charge in [0.2, 0.25) is 0 Å². The van der Waals surface area contributed by atoms with Crippen LogP contribution < -0.4 is 10.9 Å². The van der Waals surface area contributed by atoms with Gasteiger partial charge in [-0.2, -0.15) is 0 Å². The average molecular weight is 301 g/mol. The molecule has 2 N–H and O–H groups in total. The van der Waals surface area contributed by atoms with E-state index in [4.69, 9.17) is 4.42 Å². The van der Waals surface area contributed by atoms with E-state index in [9.17, 15) is 9.90 Å². The molecule has 1 aromatic heterocycles. The van der Waals surface area contributed by atoms with Crippen molar-refractivity contribution in [3.05, 3.63) is 39.7 Å². The quantitative estimate of drug-likeness (QED) is 0.849. The van der Waals surface area contributed by atoms with Gasteiger partial charge in [-0.25, -0.2) is 4.79 Å². The van der Waals surface area contributed by atoms with E-state index in [1.54, 1.807) is 12.1 Å². The van der Waals surface area contributed by atoms with Crippen molar-refractivity contribution >= 4 is 11.0 Å². The lowest BCUT2D eigenvalue weighted by Gasteiger charge is -2.22. The number of hydrogen-bond donors (Lipinski definition) is 2. The number of phenols is 1. The van der Waals surface area contributed by atoms with Crippen LogP contribution >= 0.6 is 0 Å². The van der Waals surface area contributed by atoms with Gasteiger partial charge in [-0.1, -0.05) is 19.3 Å². The van der Waals surface area contributed by atoms with Crippen LogP contribution in [0.2, 0.25) is 0 Å². The Morgan fingerprint density at radius 1 is 1.27 bits per heavy atom. The number of hydrogen-bond acceptors (Lipinski definition) is 4. The maximum atomic E-state index is 11.6. The third kappa shape index (κ3) is 3.17. The van der Waals surface area contributed by atoms with Gasteiger partial charge in [-0.15, -0.1) is 0 Å². The Morgan fingerprint density at radius 3 is 2.82 bits per heavy atom. The maximum absolute atomic E-state index is 11.6. The molecule has 0 radical (unpaired) electrons. The number of nitrogens with one attached hydrogen (secondary N) is 1. The Hall–Kier alpha value is -1.81. The SMILES string of the molecule is Cc1cc(=O)oc2c(CNCC3CCCCC3)c(O)ccc12. The standard InChI is InChI=1S/C18H23NO3/c1-12-9-17(21)22-18-14(12)7-8-16(20)15(18)11-19-10-13-5-3-2-4-6-13/h7-9,13,19-20H,2-6,10-11H2,1H3. The van der Waals surface area contributed by atoms with Crippen LogP contribution in [0.5, 0.6) is 5.75 Å². The Balaban J connectivity index is 1.80. The molecule has 118 valence electrons. The van der Waals surface area contributed by atoms with Crippen molar-refractivity contribution in [2.24, 2.45) is 5.92 Å². The lowest BCUT2D eigenvalue weighted by Crippen LogP contribution is -2.24. The van der Waals surface area contributed by atoms with Crippen molar-refractivity contribution in [2.75, 3.05) is 6.54 Å². The summed E-state index contributed by atoms with van der Waals surface area (Å²) in [7, 11) is 0. The summed E-state index contributed by atoms with van der Waals surface area (Å²) in [5, 5.41) is 14.4. The van der Waals surface area contributed by atoms with Gasteiger partial charge in [0.15, 0.2) is 0 Å². The van der Waals surface area contributed by atoms with Crippen molar-refractivity contribution in [1.29, 1.82) is 0 Å². The molecule has 0 saturated heterocycles. The van der Waals surface area contributed by atoms with Gasteiger partial charge in [-0.05, 0) is 49.9 Å². The molecule has 3 rings (SSSR count). The summed E-state index contributed by atoms with van der Waals surface area (Å²) in [6.07, 6.45) is 6.55. The number of phenolic OH excluding ortho intramolecular Hbond substituents is 1. The third-order valence-electron chi connectivity index (χ3n) is 4.66. The average Bonchev–Trinajstić information content (AvgIpc) is 2.50. The van der Waals surface area contributed by atoms with E-state index in [1.807, 2.05) is 6.92 Å². The van der Waals surface area contributed by atoms with Crippen molar-refractivity contribution < 1.29 is 9.52 Å². The van der Waals surface area contributed by atoms with Crippen LogP contribution in [-0.2, 0) is 6.54 Å². The molecular weight excluding hydrogens is 278 g/mol. The zero-order valence-corrected chi connectivity index (χ0v) is 13.0. The zero-order valence-electron chi connectivity index (χ0n) is 13.0. The highest BCUT2D eigenvalue weighted by molar-refractivity contribution is 5.84. The summed E-state index contributed by atoms with van der Waals surface area (Å²) in [6, 6.07) is 4.96. The summed E-state index contributed by atoms with van der Waals surface area (Å²) >= 11 is 0. The molecule has 4 heteroatoms. The van der Waals surface area contributed by atoms with E-state index in [-0.39, 0.29) is 11.4 Å². The number of aryl methyl sites for hydroxylation is 1. The minimum atomic E-state index is -0.371. The van der Waals surface area contributed by atoms with E-state index >= 15 is 0 Å². The number of fused-ring (bicyclic) bond motifs is 1. The molecule has 1 aromatic carbocycles. The Morgan fingerprint density at radius 2 is 2.05 bits per heavy atom. The van der Waals surface area contributed by atoms with E-state index in [2.05, 4.69) is 5.32 Å². The van der Waals surface area contributed by atoms with Crippen LogP contribution in [0.25, 0.3) is 11.0 Å². The second kappa shape index (κ2) is 6.53. The molecule has 0 aliphatic heterocycles. The van der Waals surface area contributed by atoms with Crippen LogP contribution in [0.3, 0.4) is 0 Å². The minimum Gasteiger partial charge on any atom is -0.507 e. The Bertz CT molecular complexity index is 714. The Labute approximate surface area is 130 Å². The smallest absolute Gasteiger partial charge is 0.336 e. The molecule has 22 heavy (non-hydrogen) atoms. The van der Waals surface area contributed by atoms with Crippen LogP contribution in [-0.4, -0.2) is 11.7 Å². The molecule has 1 aliphatic carbocycles. The van der Waals surface area contributed by atoms with E-state index < -0.39 is 0 Å². The topological polar surface area (TPSA) is 62.5 Å². The lowest BCUT2D eigenvalue weighted by atomic mass is 9.89. The number of benzene rings is 1. The molecule has 1 heterocycles. The zero-order chi connectivity index (χ0) is 15.5. The highest BCUT2D eigenvalue weighted by Crippen LogP contribution is 2.28. The molecule has 0 unspecified atom stereocenters. The molecule has 0 atom stereocenters. The third-order valence-corrected chi connectivity index (χ3v) is 4.66. The monoisotopic (exact) mass is 301 g/mol. The predicted octanol–water partition coefficient (Wildman–Crippen LogP) is 3.48. The van der Waals surface area contributed by atoms with Gasteiger partial charge >= 0.3 is 5.63 Å².